The lowest BCUT2D eigenvalue weighted by Gasteiger charge is -2.15. The minimum absolute atomic E-state index is 0.0781. The summed E-state index contributed by atoms with van der Waals surface area (Å²) < 4.78 is 0. The lowest BCUT2D eigenvalue weighted by molar-refractivity contribution is -0.124. The van der Waals surface area contributed by atoms with Crippen LogP contribution in [0.2, 0.25) is 5.02 Å². The van der Waals surface area contributed by atoms with E-state index in [-0.39, 0.29) is 12.0 Å². The van der Waals surface area contributed by atoms with Crippen LogP contribution < -0.4 is 0 Å². The highest BCUT2D eigenvalue weighted by atomic mass is 35.5. The molecule has 1 unspecified atom stereocenters. The number of hydrogen-bond donors (Lipinski definition) is 1. The number of hydrogen-bond acceptors (Lipinski definition) is 2. The topological polar surface area (TPSA) is 40.5 Å². The molecule has 0 spiro atoms. The number of likely N-dealkylation sites (N-methyl/N-ethyl adjacent to an activating group) is 1. The fourth-order valence-electron chi connectivity index (χ4n) is 1.36. The van der Waals surface area contributed by atoms with Crippen LogP contribution in [0.1, 0.15) is 18.9 Å². The van der Waals surface area contributed by atoms with Crippen LogP contribution in [0.4, 0.5) is 0 Å². The second-order valence-corrected chi connectivity index (χ2v) is 4.72. The molecule has 1 atom stereocenters. The van der Waals surface area contributed by atoms with E-state index < -0.39 is 0 Å². The average molecular weight is 268 g/mol. The average Bonchev–Trinajstić information content (AvgIpc) is 2.34. The standard InChI is InChI=1S/C14H18ClNO2/c1-11(17)9-10-16(2)14(18)8-5-12-3-6-13(15)7-4-12/h3-8,11,17H,9-10H2,1-2H3/b8-5+. The molecule has 0 aliphatic heterocycles. The molecule has 0 aliphatic rings. The highest BCUT2D eigenvalue weighted by Gasteiger charge is 2.05. The zero-order valence-corrected chi connectivity index (χ0v) is 11.4. The van der Waals surface area contributed by atoms with E-state index in [0.29, 0.717) is 18.0 Å². The van der Waals surface area contributed by atoms with Crippen LogP contribution >= 0.6 is 11.6 Å². The SMILES string of the molecule is CC(O)CCN(C)C(=O)/C=C/c1ccc(Cl)cc1. The van der Waals surface area contributed by atoms with Crippen molar-refractivity contribution in [3.05, 3.63) is 40.9 Å². The van der Waals surface area contributed by atoms with Crippen molar-refractivity contribution in [1.29, 1.82) is 0 Å². The zero-order valence-electron chi connectivity index (χ0n) is 10.6. The molecule has 0 aliphatic carbocycles. The Hall–Kier alpha value is -1.32. The van der Waals surface area contributed by atoms with Gasteiger partial charge in [0, 0.05) is 24.7 Å². The van der Waals surface area contributed by atoms with Crippen LogP contribution in [0, 0.1) is 0 Å². The van der Waals surface area contributed by atoms with Crippen molar-refractivity contribution in [2.45, 2.75) is 19.4 Å². The third-order valence-corrected chi connectivity index (χ3v) is 2.80. The monoisotopic (exact) mass is 267 g/mol. The first kappa shape index (κ1) is 14.7. The molecule has 0 saturated carbocycles. The molecule has 0 fully saturated rings. The van der Waals surface area contributed by atoms with E-state index in [1.165, 1.54) is 6.08 Å². The number of carbonyl (C=O) groups is 1. The van der Waals surface area contributed by atoms with Gasteiger partial charge in [-0.05, 0) is 37.1 Å². The lowest BCUT2D eigenvalue weighted by atomic mass is 10.2. The van der Waals surface area contributed by atoms with E-state index in [1.54, 1.807) is 37.1 Å². The summed E-state index contributed by atoms with van der Waals surface area (Å²) in [6.45, 7) is 2.25. The summed E-state index contributed by atoms with van der Waals surface area (Å²) in [6.07, 6.45) is 3.46. The summed E-state index contributed by atoms with van der Waals surface area (Å²) in [4.78, 5) is 13.3. The van der Waals surface area contributed by atoms with Crippen molar-refractivity contribution in [3.8, 4) is 0 Å². The molecule has 1 rings (SSSR count). The quantitative estimate of drug-likeness (QED) is 0.833. The maximum Gasteiger partial charge on any atom is 0.246 e. The van der Waals surface area contributed by atoms with Gasteiger partial charge in [0.1, 0.15) is 0 Å². The van der Waals surface area contributed by atoms with E-state index in [0.717, 1.165) is 5.56 Å². The van der Waals surface area contributed by atoms with Crippen LogP contribution in [-0.2, 0) is 4.79 Å². The molecule has 0 aromatic heterocycles. The van der Waals surface area contributed by atoms with Crippen LogP contribution in [0.5, 0.6) is 0 Å². The Balaban J connectivity index is 2.50. The van der Waals surface area contributed by atoms with Gasteiger partial charge in [-0.1, -0.05) is 23.7 Å². The van der Waals surface area contributed by atoms with Gasteiger partial charge >= 0.3 is 0 Å². The van der Waals surface area contributed by atoms with Gasteiger partial charge < -0.3 is 10.0 Å². The predicted molar refractivity (Wildman–Crippen MR) is 74.4 cm³/mol. The van der Waals surface area contributed by atoms with Crippen molar-refractivity contribution in [3.63, 3.8) is 0 Å². The summed E-state index contributed by atoms with van der Waals surface area (Å²) in [5.41, 5.74) is 0.927. The molecule has 0 bridgehead atoms. The fraction of sp³-hybridized carbons (Fsp3) is 0.357. The molecule has 1 N–H and O–H groups in total. The van der Waals surface area contributed by atoms with E-state index in [4.69, 9.17) is 16.7 Å². The molecular formula is C14H18ClNO2. The van der Waals surface area contributed by atoms with Crippen LogP contribution in [0.15, 0.2) is 30.3 Å². The van der Waals surface area contributed by atoms with E-state index >= 15 is 0 Å². The van der Waals surface area contributed by atoms with Gasteiger partial charge in [0.2, 0.25) is 5.91 Å². The number of amides is 1. The number of carbonyl (C=O) groups excluding carboxylic acids is 1. The molecule has 4 heteroatoms. The van der Waals surface area contributed by atoms with E-state index in [2.05, 4.69) is 0 Å². The molecule has 1 aromatic rings. The Kier molecular flexibility index (Phi) is 5.89. The third-order valence-electron chi connectivity index (χ3n) is 2.55. The summed E-state index contributed by atoms with van der Waals surface area (Å²) in [5, 5.41) is 9.82. The number of nitrogens with zero attached hydrogens (tertiary/aromatic N) is 1. The molecular weight excluding hydrogens is 250 g/mol. The minimum Gasteiger partial charge on any atom is -0.393 e. The minimum atomic E-state index is -0.388. The molecule has 98 valence electrons. The number of rotatable bonds is 5. The van der Waals surface area contributed by atoms with Gasteiger partial charge in [0.25, 0.3) is 0 Å². The third kappa shape index (κ3) is 5.34. The molecule has 0 saturated heterocycles. The maximum absolute atomic E-state index is 11.7. The van der Waals surface area contributed by atoms with Gasteiger partial charge in [0.15, 0.2) is 0 Å². The van der Waals surface area contributed by atoms with Crippen molar-refractivity contribution in [2.75, 3.05) is 13.6 Å². The number of aliphatic hydroxyl groups excluding tert-OH is 1. The van der Waals surface area contributed by atoms with Gasteiger partial charge in [-0.2, -0.15) is 0 Å². The normalized spacial score (nSPS) is 12.7. The summed E-state index contributed by atoms with van der Waals surface area (Å²) >= 11 is 5.77. The van der Waals surface area contributed by atoms with Crippen molar-refractivity contribution in [2.24, 2.45) is 0 Å². The van der Waals surface area contributed by atoms with E-state index in [1.807, 2.05) is 12.1 Å². The van der Waals surface area contributed by atoms with Crippen LogP contribution in [-0.4, -0.2) is 35.6 Å². The smallest absolute Gasteiger partial charge is 0.246 e. The summed E-state index contributed by atoms with van der Waals surface area (Å²) in [5.74, 6) is -0.0781. The van der Waals surface area contributed by atoms with Gasteiger partial charge in [-0.25, -0.2) is 0 Å². The first-order valence-electron chi connectivity index (χ1n) is 5.86. The van der Waals surface area contributed by atoms with Gasteiger partial charge in [-0.15, -0.1) is 0 Å². The first-order valence-corrected chi connectivity index (χ1v) is 6.23. The Bertz CT molecular complexity index is 412. The highest BCUT2D eigenvalue weighted by molar-refractivity contribution is 6.30. The van der Waals surface area contributed by atoms with Crippen LogP contribution in [0.3, 0.4) is 0 Å². The predicted octanol–water partition coefficient (Wildman–Crippen LogP) is 2.58. The van der Waals surface area contributed by atoms with Crippen molar-refractivity contribution >= 4 is 23.6 Å². The second kappa shape index (κ2) is 7.19. The summed E-state index contributed by atoms with van der Waals surface area (Å²) in [7, 11) is 1.72. The van der Waals surface area contributed by atoms with Crippen molar-refractivity contribution < 1.29 is 9.90 Å². The lowest BCUT2D eigenvalue weighted by Crippen LogP contribution is -2.27. The number of aliphatic hydroxyl groups is 1. The molecule has 1 aromatic carbocycles. The van der Waals surface area contributed by atoms with Crippen molar-refractivity contribution in [1.82, 2.24) is 4.90 Å². The van der Waals surface area contributed by atoms with Crippen LogP contribution in [0.25, 0.3) is 6.08 Å². The summed E-state index contributed by atoms with van der Waals surface area (Å²) in [6, 6.07) is 7.26. The zero-order chi connectivity index (χ0) is 13.5. The Labute approximate surface area is 113 Å². The molecule has 0 radical (unpaired) electrons. The first-order chi connectivity index (χ1) is 8.49. The Morgan fingerprint density at radius 3 is 2.61 bits per heavy atom. The maximum atomic E-state index is 11.7. The largest absolute Gasteiger partial charge is 0.393 e. The van der Waals surface area contributed by atoms with E-state index in [9.17, 15) is 4.79 Å². The fourth-order valence-corrected chi connectivity index (χ4v) is 1.49. The van der Waals surface area contributed by atoms with Gasteiger partial charge in [0.05, 0.1) is 6.10 Å². The molecule has 1 amide bonds. The number of halogens is 1. The molecule has 0 heterocycles. The highest BCUT2D eigenvalue weighted by Crippen LogP contribution is 2.10. The Morgan fingerprint density at radius 1 is 1.44 bits per heavy atom. The molecule has 18 heavy (non-hydrogen) atoms. The van der Waals surface area contributed by atoms with Gasteiger partial charge in [-0.3, -0.25) is 4.79 Å². The molecule has 3 nitrogen and oxygen atoms in total. The number of benzene rings is 1. The Morgan fingerprint density at radius 2 is 2.06 bits per heavy atom. The second-order valence-electron chi connectivity index (χ2n) is 4.28.